The van der Waals surface area contributed by atoms with E-state index in [-0.39, 0.29) is 0 Å². The molecule has 1 aromatic carbocycles. The zero-order chi connectivity index (χ0) is 24.5. The largest absolute Gasteiger partial charge is 0.324 e. The van der Waals surface area contributed by atoms with Gasteiger partial charge in [0.2, 0.25) is 5.95 Å². The van der Waals surface area contributed by atoms with Crippen LogP contribution < -0.4 is 16.2 Å². The Morgan fingerprint density at radius 3 is 1.80 bits per heavy atom. The van der Waals surface area contributed by atoms with Gasteiger partial charge in [0.05, 0.1) is 11.4 Å². The molecule has 35 heavy (non-hydrogen) atoms. The number of hydrogen-bond acceptors (Lipinski definition) is 10. The Morgan fingerprint density at radius 1 is 0.743 bits per heavy atom. The maximum absolute atomic E-state index is 4.58. The van der Waals surface area contributed by atoms with Crippen molar-refractivity contribution in [3.05, 3.63) is 90.5 Å². The van der Waals surface area contributed by atoms with Gasteiger partial charge in [-0.3, -0.25) is 20.8 Å². The number of pyridine rings is 2. The molecule has 3 aromatic heterocycles. The van der Waals surface area contributed by atoms with Gasteiger partial charge in [-0.05, 0) is 62.6 Å². The first-order chi connectivity index (χ1) is 17.1. The molecular weight excluding hydrogens is 458 g/mol. The molecule has 0 fully saturated rings. The van der Waals surface area contributed by atoms with Crippen molar-refractivity contribution in [1.29, 1.82) is 0 Å². The highest BCUT2D eigenvalue weighted by atomic mass is 32.2. The fraction of sp³-hybridized carbons (Fsp3) is 0.120. The Kier molecular flexibility index (Phi) is 7.97. The molecule has 0 bridgehead atoms. The van der Waals surface area contributed by atoms with Crippen molar-refractivity contribution in [2.24, 2.45) is 10.2 Å². The second kappa shape index (κ2) is 11.7. The zero-order valence-corrected chi connectivity index (χ0v) is 20.4. The van der Waals surface area contributed by atoms with Crippen LogP contribution in [0.2, 0.25) is 0 Å². The number of aromatic nitrogens is 4. The standard InChI is InChI=1S/C25H25N9S/c1-17(19-7-11-26-12-8-19)31-33-23-16-24(34-32-18(2)20-9-13-27-14-10-20)30-25(29-23)28-21-5-4-6-22(15-21)35-3/h4-16H,1-3H3,(H3,28,29,30,33,34). The van der Waals surface area contributed by atoms with Gasteiger partial charge >= 0.3 is 0 Å². The average Bonchev–Trinajstić information content (AvgIpc) is 2.91. The molecule has 176 valence electrons. The van der Waals surface area contributed by atoms with Crippen LogP contribution in [-0.4, -0.2) is 37.6 Å². The highest BCUT2D eigenvalue weighted by Gasteiger charge is 2.07. The molecule has 0 saturated heterocycles. The lowest BCUT2D eigenvalue weighted by molar-refractivity contribution is 1.12. The van der Waals surface area contributed by atoms with E-state index < -0.39 is 0 Å². The number of benzene rings is 1. The van der Waals surface area contributed by atoms with E-state index >= 15 is 0 Å². The SMILES string of the molecule is CSc1cccc(Nc2nc(NN=C(C)c3ccncc3)cc(NN=C(C)c3ccncc3)n2)c1. The molecule has 9 nitrogen and oxygen atoms in total. The maximum atomic E-state index is 4.58. The third-order valence-electron chi connectivity index (χ3n) is 4.92. The van der Waals surface area contributed by atoms with E-state index in [0.717, 1.165) is 33.1 Å². The first-order valence-electron chi connectivity index (χ1n) is 10.8. The second-order valence-electron chi connectivity index (χ2n) is 7.41. The van der Waals surface area contributed by atoms with Crippen LogP contribution in [0.1, 0.15) is 25.0 Å². The number of anilines is 4. The maximum Gasteiger partial charge on any atom is 0.231 e. The van der Waals surface area contributed by atoms with Gasteiger partial charge in [0.25, 0.3) is 0 Å². The number of rotatable bonds is 9. The van der Waals surface area contributed by atoms with Crippen molar-refractivity contribution in [1.82, 2.24) is 19.9 Å². The first-order valence-corrected chi connectivity index (χ1v) is 12.0. The number of nitrogens with zero attached hydrogens (tertiary/aromatic N) is 6. The molecule has 3 N–H and O–H groups in total. The molecule has 0 aliphatic rings. The smallest absolute Gasteiger partial charge is 0.231 e. The van der Waals surface area contributed by atoms with E-state index in [9.17, 15) is 0 Å². The van der Waals surface area contributed by atoms with Crippen LogP contribution in [0.4, 0.5) is 23.3 Å². The normalized spacial score (nSPS) is 11.7. The van der Waals surface area contributed by atoms with E-state index in [1.54, 1.807) is 42.6 Å². The summed E-state index contributed by atoms with van der Waals surface area (Å²) in [5.74, 6) is 1.43. The molecule has 0 aliphatic carbocycles. The van der Waals surface area contributed by atoms with E-state index in [1.165, 1.54) is 0 Å². The molecule has 4 aromatic rings. The van der Waals surface area contributed by atoms with Crippen LogP contribution >= 0.6 is 11.8 Å². The van der Waals surface area contributed by atoms with Crippen molar-refractivity contribution in [2.75, 3.05) is 22.4 Å². The molecule has 0 spiro atoms. The van der Waals surface area contributed by atoms with Crippen molar-refractivity contribution in [2.45, 2.75) is 18.7 Å². The fourth-order valence-electron chi connectivity index (χ4n) is 3.05. The highest BCUT2D eigenvalue weighted by Crippen LogP contribution is 2.23. The molecule has 4 rings (SSSR count). The molecule has 0 amide bonds. The summed E-state index contributed by atoms with van der Waals surface area (Å²) in [6.45, 7) is 3.83. The third-order valence-corrected chi connectivity index (χ3v) is 5.65. The summed E-state index contributed by atoms with van der Waals surface area (Å²) in [6.07, 6.45) is 8.96. The number of hydrogen-bond donors (Lipinski definition) is 3. The van der Waals surface area contributed by atoms with Gasteiger partial charge in [0.15, 0.2) is 11.6 Å². The van der Waals surface area contributed by atoms with Crippen molar-refractivity contribution in [3.63, 3.8) is 0 Å². The Morgan fingerprint density at radius 2 is 1.29 bits per heavy atom. The van der Waals surface area contributed by atoms with Gasteiger partial charge in [0, 0.05) is 52.6 Å². The lowest BCUT2D eigenvalue weighted by Gasteiger charge is -2.11. The topological polar surface area (TPSA) is 112 Å². The molecule has 0 saturated carbocycles. The summed E-state index contributed by atoms with van der Waals surface area (Å²) < 4.78 is 0. The van der Waals surface area contributed by atoms with Crippen molar-refractivity contribution < 1.29 is 0 Å². The van der Waals surface area contributed by atoms with E-state index in [1.807, 2.05) is 62.6 Å². The van der Waals surface area contributed by atoms with Crippen molar-refractivity contribution >= 4 is 46.5 Å². The Hall–Kier alpha value is -4.31. The van der Waals surface area contributed by atoms with E-state index in [2.05, 4.69) is 52.4 Å². The summed E-state index contributed by atoms with van der Waals surface area (Å²) in [5.41, 5.74) is 10.5. The zero-order valence-electron chi connectivity index (χ0n) is 19.6. The predicted octanol–water partition coefficient (Wildman–Crippen LogP) is 5.40. The number of nitrogens with one attached hydrogen (secondary N) is 3. The Balaban J connectivity index is 1.60. The van der Waals surface area contributed by atoms with Gasteiger partial charge < -0.3 is 5.32 Å². The van der Waals surface area contributed by atoms with Crippen LogP contribution in [0, 0.1) is 0 Å². The second-order valence-corrected chi connectivity index (χ2v) is 8.29. The van der Waals surface area contributed by atoms with Crippen LogP contribution in [0.3, 0.4) is 0 Å². The minimum absolute atomic E-state index is 0.407. The average molecular weight is 484 g/mol. The molecular formula is C25H25N9S. The van der Waals surface area contributed by atoms with E-state index in [4.69, 9.17) is 0 Å². The van der Waals surface area contributed by atoms with Crippen LogP contribution in [0.5, 0.6) is 0 Å². The third kappa shape index (κ3) is 6.84. The van der Waals surface area contributed by atoms with Gasteiger partial charge in [-0.15, -0.1) is 11.8 Å². The summed E-state index contributed by atoms with van der Waals surface area (Å²) >= 11 is 1.67. The van der Waals surface area contributed by atoms with Crippen LogP contribution in [-0.2, 0) is 0 Å². The summed E-state index contributed by atoms with van der Waals surface area (Å²) in [4.78, 5) is 18.4. The minimum atomic E-state index is 0.407. The van der Waals surface area contributed by atoms with Gasteiger partial charge in [0.1, 0.15) is 0 Å². The lowest BCUT2D eigenvalue weighted by Crippen LogP contribution is -2.06. The number of hydrazone groups is 2. The van der Waals surface area contributed by atoms with Gasteiger partial charge in [-0.2, -0.15) is 20.2 Å². The molecule has 3 heterocycles. The lowest BCUT2D eigenvalue weighted by atomic mass is 10.2. The molecule has 10 heteroatoms. The van der Waals surface area contributed by atoms with Crippen LogP contribution in [0.25, 0.3) is 0 Å². The molecule has 0 atom stereocenters. The highest BCUT2D eigenvalue weighted by molar-refractivity contribution is 7.98. The molecule has 0 aliphatic heterocycles. The first kappa shape index (κ1) is 23.8. The Labute approximate surface area is 208 Å². The van der Waals surface area contributed by atoms with E-state index in [0.29, 0.717) is 17.6 Å². The Bertz CT molecular complexity index is 1250. The van der Waals surface area contributed by atoms with Crippen LogP contribution in [0.15, 0.2) is 94.5 Å². The summed E-state index contributed by atoms with van der Waals surface area (Å²) in [5, 5.41) is 12.2. The monoisotopic (exact) mass is 483 g/mol. The molecule has 0 radical (unpaired) electrons. The quantitative estimate of drug-likeness (QED) is 0.165. The minimum Gasteiger partial charge on any atom is -0.324 e. The summed E-state index contributed by atoms with van der Waals surface area (Å²) in [6, 6.07) is 17.4. The fourth-order valence-corrected chi connectivity index (χ4v) is 3.50. The van der Waals surface area contributed by atoms with Crippen molar-refractivity contribution in [3.8, 4) is 0 Å². The van der Waals surface area contributed by atoms with Gasteiger partial charge in [-0.1, -0.05) is 6.07 Å². The number of thioether (sulfide) groups is 1. The van der Waals surface area contributed by atoms with Gasteiger partial charge in [-0.25, -0.2) is 0 Å². The predicted molar refractivity (Wildman–Crippen MR) is 144 cm³/mol. The summed E-state index contributed by atoms with van der Waals surface area (Å²) in [7, 11) is 0. The molecule has 0 unspecified atom stereocenters.